The smallest absolute Gasteiger partial charge is 0.362 e. The Morgan fingerprint density at radius 3 is 2.64 bits per heavy atom. The summed E-state index contributed by atoms with van der Waals surface area (Å²) >= 11 is 0. The van der Waals surface area contributed by atoms with Gasteiger partial charge in [0.05, 0.1) is 12.2 Å². The van der Waals surface area contributed by atoms with E-state index in [0.29, 0.717) is 0 Å². The number of rotatable bonds is 1. The van der Waals surface area contributed by atoms with E-state index in [2.05, 4.69) is 10.4 Å². The van der Waals surface area contributed by atoms with Crippen molar-refractivity contribution in [1.82, 2.24) is 9.78 Å². The molecular formula is C18H13F3N4. The number of hydrogen-bond acceptors (Lipinski definition) is 3. The normalized spacial score (nSPS) is 19.9. The fraction of sp³-hybridized carbons (Fsp3) is 0.222. The van der Waals surface area contributed by atoms with Crippen molar-refractivity contribution in [3.8, 4) is 6.07 Å². The number of aromatic nitrogens is 2. The Balaban J connectivity index is 1.79. The van der Waals surface area contributed by atoms with Crippen molar-refractivity contribution in [2.24, 2.45) is 0 Å². The number of alkyl halides is 3. The molecular weight excluding hydrogens is 329 g/mol. The maximum absolute atomic E-state index is 13.5. The molecule has 3 aromatic rings. The lowest BCUT2D eigenvalue weighted by Crippen LogP contribution is -2.35. The first-order valence-corrected chi connectivity index (χ1v) is 7.77. The van der Waals surface area contributed by atoms with E-state index in [1.807, 2.05) is 48.5 Å². The third-order valence-electron chi connectivity index (χ3n) is 4.53. The Labute approximate surface area is 141 Å². The van der Waals surface area contributed by atoms with E-state index in [9.17, 15) is 13.2 Å². The summed E-state index contributed by atoms with van der Waals surface area (Å²) in [7, 11) is 0. The minimum atomic E-state index is -4.44. The van der Waals surface area contributed by atoms with E-state index >= 15 is 0 Å². The molecule has 0 saturated heterocycles. The van der Waals surface area contributed by atoms with Gasteiger partial charge in [-0.1, -0.05) is 36.4 Å². The predicted octanol–water partition coefficient (Wildman–Crippen LogP) is 4.57. The molecule has 0 saturated carbocycles. The molecule has 0 unspecified atom stereocenters. The summed E-state index contributed by atoms with van der Waals surface area (Å²) in [6.07, 6.45) is -3.45. The maximum atomic E-state index is 13.5. The SMILES string of the molecule is N#Cc1cnn2c1N[C@H](c1ccc3ccccc3c1)C[C@H]2C(F)(F)F. The van der Waals surface area contributed by atoms with Gasteiger partial charge in [-0.3, -0.25) is 0 Å². The predicted molar refractivity (Wildman–Crippen MR) is 87.0 cm³/mol. The van der Waals surface area contributed by atoms with Gasteiger partial charge in [0.1, 0.15) is 17.5 Å². The fourth-order valence-corrected chi connectivity index (χ4v) is 3.29. The van der Waals surface area contributed by atoms with Crippen molar-refractivity contribution in [2.75, 3.05) is 5.32 Å². The van der Waals surface area contributed by atoms with Crippen LogP contribution in [0.25, 0.3) is 10.8 Å². The van der Waals surface area contributed by atoms with Gasteiger partial charge in [0.25, 0.3) is 0 Å². The summed E-state index contributed by atoms with van der Waals surface area (Å²) < 4.78 is 41.4. The third-order valence-corrected chi connectivity index (χ3v) is 4.53. The minimum absolute atomic E-state index is 0.111. The van der Waals surface area contributed by atoms with Gasteiger partial charge in [-0.15, -0.1) is 0 Å². The molecule has 1 aromatic heterocycles. The second-order valence-electron chi connectivity index (χ2n) is 6.06. The molecule has 0 bridgehead atoms. The Hall–Kier alpha value is -3.01. The van der Waals surface area contributed by atoms with E-state index in [1.54, 1.807) is 0 Å². The van der Waals surface area contributed by atoms with Crippen molar-refractivity contribution >= 4 is 16.6 Å². The van der Waals surface area contributed by atoms with Crippen LogP contribution in [-0.4, -0.2) is 16.0 Å². The standard InChI is InChI=1S/C18H13F3N4/c19-18(20,21)16-8-15(24-17-14(9-22)10-23-25(16)17)13-6-5-11-3-1-2-4-12(11)7-13/h1-7,10,15-16,24H,8H2/t15-,16-/m0/s1. The summed E-state index contributed by atoms with van der Waals surface area (Å²) in [5.41, 5.74) is 0.865. The van der Waals surface area contributed by atoms with E-state index in [-0.39, 0.29) is 17.8 Å². The maximum Gasteiger partial charge on any atom is 0.410 e. The van der Waals surface area contributed by atoms with Crippen molar-refractivity contribution in [3.05, 3.63) is 59.8 Å². The number of nitriles is 1. The van der Waals surface area contributed by atoms with Crippen molar-refractivity contribution in [1.29, 1.82) is 5.26 Å². The van der Waals surface area contributed by atoms with Gasteiger partial charge in [0, 0.05) is 6.42 Å². The van der Waals surface area contributed by atoms with Crippen LogP contribution in [0.1, 0.15) is 29.6 Å². The Bertz CT molecular complexity index is 984. The second kappa shape index (κ2) is 5.52. The number of nitrogens with one attached hydrogen (secondary N) is 1. The third kappa shape index (κ3) is 2.60. The summed E-state index contributed by atoms with van der Waals surface area (Å²) in [6, 6.07) is 12.9. The van der Waals surface area contributed by atoms with E-state index < -0.39 is 18.3 Å². The number of hydrogen-bond donors (Lipinski definition) is 1. The molecule has 0 aliphatic carbocycles. The van der Waals surface area contributed by atoms with Gasteiger partial charge in [-0.05, 0) is 22.4 Å². The molecule has 1 aliphatic rings. The lowest BCUT2D eigenvalue weighted by atomic mass is 9.94. The second-order valence-corrected chi connectivity index (χ2v) is 6.06. The molecule has 2 atom stereocenters. The minimum Gasteiger partial charge on any atom is -0.362 e. The summed E-state index contributed by atoms with van der Waals surface area (Å²) in [5, 5.41) is 18.0. The molecule has 0 amide bonds. The van der Waals surface area contributed by atoms with Crippen LogP contribution in [0.4, 0.5) is 19.0 Å². The topological polar surface area (TPSA) is 53.6 Å². The van der Waals surface area contributed by atoms with Gasteiger partial charge in [-0.25, -0.2) is 4.68 Å². The molecule has 2 heterocycles. The van der Waals surface area contributed by atoms with Gasteiger partial charge in [-0.2, -0.15) is 23.5 Å². The zero-order valence-electron chi connectivity index (χ0n) is 13.0. The van der Waals surface area contributed by atoms with Crippen LogP contribution in [0.2, 0.25) is 0 Å². The largest absolute Gasteiger partial charge is 0.410 e. The molecule has 0 spiro atoms. The zero-order valence-corrected chi connectivity index (χ0v) is 13.0. The lowest BCUT2D eigenvalue weighted by Gasteiger charge is -2.33. The average molecular weight is 342 g/mol. The molecule has 0 radical (unpaired) electrons. The van der Waals surface area contributed by atoms with Crippen LogP contribution in [0.15, 0.2) is 48.7 Å². The summed E-state index contributed by atoms with van der Waals surface area (Å²) in [6.45, 7) is 0. The van der Waals surface area contributed by atoms with Crippen LogP contribution >= 0.6 is 0 Å². The lowest BCUT2D eigenvalue weighted by molar-refractivity contribution is -0.173. The molecule has 0 fully saturated rings. The molecule has 1 aliphatic heterocycles. The molecule has 126 valence electrons. The highest BCUT2D eigenvalue weighted by Gasteiger charge is 2.46. The van der Waals surface area contributed by atoms with Crippen LogP contribution in [0.5, 0.6) is 0 Å². The molecule has 4 rings (SSSR count). The van der Waals surface area contributed by atoms with Gasteiger partial charge < -0.3 is 5.32 Å². The Kier molecular flexibility index (Phi) is 3.42. The first-order valence-electron chi connectivity index (χ1n) is 7.77. The van der Waals surface area contributed by atoms with Gasteiger partial charge in [0.2, 0.25) is 0 Å². The van der Waals surface area contributed by atoms with Crippen molar-refractivity contribution < 1.29 is 13.2 Å². The molecule has 2 aromatic carbocycles. The number of fused-ring (bicyclic) bond motifs is 2. The molecule has 7 heteroatoms. The Morgan fingerprint density at radius 1 is 1.16 bits per heavy atom. The highest BCUT2D eigenvalue weighted by Crippen LogP contribution is 2.44. The van der Waals surface area contributed by atoms with Gasteiger partial charge in [0.15, 0.2) is 6.04 Å². The van der Waals surface area contributed by atoms with E-state index in [4.69, 9.17) is 5.26 Å². The van der Waals surface area contributed by atoms with E-state index in [0.717, 1.165) is 21.0 Å². The number of nitrogens with zero attached hydrogens (tertiary/aromatic N) is 3. The number of anilines is 1. The fourth-order valence-electron chi connectivity index (χ4n) is 3.29. The monoisotopic (exact) mass is 342 g/mol. The average Bonchev–Trinajstić information content (AvgIpc) is 3.02. The molecule has 1 N–H and O–H groups in total. The summed E-state index contributed by atoms with van der Waals surface area (Å²) in [5.74, 6) is 0.120. The number of benzene rings is 2. The first-order chi connectivity index (χ1) is 12.0. The first kappa shape index (κ1) is 15.5. The quantitative estimate of drug-likeness (QED) is 0.705. The van der Waals surface area contributed by atoms with Crippen LogP contribution < -0.4 is 5.32 Å². The summed E-state index contributed by atoms with van der Waals surface area (Å²) in [4.78, 5) is 0. The molecule has 4 nitrogen and oxygen atoms in total. The number of halogens is 3. The van der Waals surface area contributed by atoms with Gasteiger partial charge >= 0.3 is 6.18 Å². The van der Waals surface area contributed by atoms with Crippen LogP contribution in [0.3, 0.4) is 0 Å². The highest BCUT2D eigenvalue weighted by molar-refractivity contribution is 5.83. The Morgan fingerprint density at radius 2 is 1.92 bits per heavy atom. The van der Waals surface area contributed by atoms with Crippen molar-refractivity contribution in [2.45, 2.75) is 24.7 Å². The van der Waals surface area contributed by atoms with Crippen molar-refractivity contribution in [3.63, 3.8) is 0 Å². The van der Waals surface area contributed by atoms with E-state index in [1.165, 1.54) is 6.20 Å². The van der Waals surface area contributed by atoms with Crippen LogP contribution in [-0.2, 0) is 0 Å². The molecule has 25 heavy (non-hydrogen) atoms. The van der Waals surface area contributed by atoms with Crippen LogP contribution in [0, 0.1) is 11.3 Å². The zero-order chi connectivity index (χ0) is 17.6. The highest BCUT2D eigenvalue weighted by atomic mass is 19.4.